The van der Waals surface area contributed by atoms with Gasteiger partial charge in [0.2, 0.25) is 5.91 Å². The van der Waals surface area contributed by atoms with E-state index in [1.54, 1.807) is 0 Å². The first-order valence-corrected chi connectivity index (χ1v) is 7.54. The molecule has 4 heteroatoms. The molecule has 1 N–H and O–H groups in total. The summed E-state index contributed by atoms with van der Waals surface area (Å²) in [5.41, 5.74) is 0. The van der Waals surface area contributed by atoms with E-state index in [4.69, 9.17) is 0 Å². The lowest BCUT2D eigenvalue weighted by Crippen LogP contribution is -2.46. The van der Waals surface area contributed by atoms with E-state index in [9.17, 15) is 4.79 Å². The highest BCUT2D eigenvalue weighted by molar-refractivity contribution is 9.10. The van der Waals surface area contributed by atoms with Gasteiger partial charge in [0.25, 0.3) is 0 Å². The summed E-state index contributed by atoms with van der Waals surface area (Å²) in [5, 5.41) is 3.12. The minimum atomic E-state index is -0.0896. The summed E-state index contributed by atoms with van der Waals surface area (Å²) in [5.74, 6) is 0.431. The highest BCUT2D eigenvalue weighted by atomic mass is 79.9. The number of carbonyl (C=O) groups excluding carboxylic acids is 1. The Morgan fingerprint density at radius 2 is 1.76 bits per heavy atom. The number of hydrogen-bond donors (Lipinski definition) is 1. The van der Waals surface area contributed by atoms with E-state index < -0.39 is 0 Å². The quantitative estimate of drug-likeness (QED) is 0.699. The summed E-state index contributed by atoms with van der Waals surface area (Å²) in [4.78, 5) is 14.2. The first-order chi connectivity index (χ1) is 7.96. The summed E-state index contributed by atoms with van der Waals surface area (Å²) in [6, 6.07) is 0.251. The summed E-state index contributed by atoms with van der Waals surface area (Å²) >= 11 is 3.44. The second-order valence-corrected chi connectivity index (χ2v) is 5.73. The molecule has 17 heavy (non-hydrogen) atoms. The molecule has 0 spiro atoms. The fraction of sp³-hybridized carbons (Fsp3) is 0.923. The van der Waals surface area contributed by atoms with Crippen LogP contribution in [0.2, 0.25) is 0 Å². The predicted octanol–water partition coefficient (Wildman–Crippen LogP) is 2.64. The van der Waals surface area contributed by atoms with Crippen molar-refractivity contribution < 1.29 is 4.79 Å². The second-order valence-electron chi connectivity index (χ2n) is 4.75. The lowest BCUT2D eigenvalue weighted by Gasteiger charge is -2.26. The molecule has 0 bridgehead atoms. The van der Waals surface area contributed by atoms with E-state index in [0.717, 1.165) is 26.1 Å². The molecule has 0 aliphatic carbocycles. The monoisotopic (exact) mass is 306 g/mol. The van der Waals surface area contributed by atoms with Gasteiger partial charge in [0.15, 0.2) is 0 Å². The van der Waals surface area contributed by atoms with Crippen molar-refractivity contribution in [2.24, 2.45) is 5.92 Å². The number of carbonyl (C=O) groups is 1. The zero-order valence-electron chi connectivity index (χ0n) is 11.8. The van der Waals surface area contributed by atoms with Gasteiger partial charge in [-0.3, -0.25) is 4.79 Å². The molecule has 0 rings (SSSR count). The number of halogens is 1. The Hall–Kier alpha value is -0.0900. The predicted molar refractivity (Wildman–Crippen MR) is 77.6 cm³/mol. The molecule has 1 amide bonds. The molecular formula is C13H27BrN2O. The van der Waals surface area contributed by atoms with Crippen molar-refractivity contribution in [1.82, 2.24) is 10.2 Å². The molecule has 0 radical (unpaired) electrons. The van der Waals surface area contributed by atoms with E-state index in [1.807, 2.05) is 13.8 Å². The molecule has 0 aliphatic heterocycles. The van der Waals surface area contributed by atoms with Crippen LogP contribution in [0.5, 0.6) is 0 Å². The Morgan fingerprint density at radius 1 is 1.24 bits per heavy atom. The summed E-state index contributed by atoms with van der Waals surface area (Å²) in [7, 11) is 0. The van der Waals surface area contributed by atoms with E-state index in [1.165, 1.54) is 0 Å². The minimum Gasteiger partial charge on any atom is -0.351 e. The number of nitrogens with one attached hydrogen (secondary N) is 1. The van der Waals surface area contributed by atoms with Crippen LogP contribution in [-0.2, 0) is 4.79 Å². The van der Waals surface area contributed by atoms with Crippen molar-refractivity contribution in [3.63, 3.8) is 0 Å². The summed E-state index contributed by atoms with van der Waals surface area (Å²) in [6.45, 7) is 13.5. The highest BCUT2D eigenvalue weighted by Gasteiger charge is 2.21. The standard InChI is InChI=1S/C13H27BrN2O/c1-6-11(9-16(7-2)8-3)15-13(17)12(14)10(4)5/h10-12H,6-9H2,1-5H3,(H,15,17). The molecule has 0 saturated heterocycles. The number of nitrogens with zero attached hydrogens (tertiary/aromatic N) is 1. The lowest BCUT2D eigenvalue weighted by atomic mass is 10.1. The van der Waals surface area contributed by atoms with E-state index in [-0.39, 0.29) is 16.8 Å². The molecular weight excluding hydrogens is 280 g/mol. The number of amides is 1. The van der Waals surface area contributed by atoms with Crippen LogP contribution < -0.4 is 5.32 Å². The SMILES string of the molecule is CCC(CN(CC)CC)NC(=O)C(Br)C(C)C. The molecule has 2 atom stereocenters. The molecule has 0 heterocycles. The maximum atomic E-state index is 11.9. The van der Waals surface area contributed by atoms with Crippen LogP contribution in [0, 0.1) is 5.92 Å². The number of rotatable bonds is 8. The average molecular weight is 307 g/mol. The summed E-state index contributed by atoms with van der Waals surface area (Å²) in [6.07, 6.45) is 0.972. The van der Waals surface area contributed by atoms with Crippen LogP contribution >= 0.6 is 15.9 Å². The highest BCUT2D eigenvalue weighted by Crippen LogP contribution is 2.12. The molecule has 102 valence electrons. The van der Waals surface area contributed by atoms with Crippen LogP contribution in [0.15, 0.2) is 0 Å². The third kappa shape index (κ3) is 6.41. The third-order valence-electron chi connectivity index (χ3n) is 3.05. The van der Waals surface area contributed by atoms with Gasteiger partial charge >= 0.3 is 0 Å². The molecule has 0 aromatic rings. The van der Waals surface area contributed by atoms with Gasteiger partial charge in [-0.25, -0.2) is 0 Å². The van der Waals surface area contributed by atoms with Crippen molar-refractivity contribution in [3.05, 3.63) is 0 Å². The Morgan fingerprint density at radius 3 is 2.12 bits per heavy atom. The molecule has 0 aromatic heterocycles. The fourth-order valence-corrected chi connectivity index (χ4v) is 1.79. The van der Waals surface area contributed by atoms with E-state index >= 15 is 0 Å². The Labute approximate surface area is 114 Å². The van der Waals surface area contributed by atoms with Crippen LogP contribution in [-0.4, -0.2) is 41.3 Å². The summed E-state index contributed by atoms with van der Waals surface area (Å²) < 4.78 is 0. The van der Waals surface area contributed by atoms with Crippen LogP contribution in [0.4, 0.5) is 0 Å². The Kier molecular flexibility index (Phi) is 8.88. The van der Waals surface area contributed by atoms with Crippen LogP contribution in [0.25, 0.3) is 0 Å². The van der Waals surface area contributed by atoms with Gasteiger partial charge in [-0.1, -0.05) is 50.5 Å². The van der Waals surface area contributed by atoms with Gasteiger partial charge in [-0.15, -0.1) is 0 Å². The van der Waals surface area contributed by atoms with Crippen molar-refractivity contribution in [1.29, 1.82) is 0 Å². The zero-order valence-corrected chi connectivity index (χ0v) is 13.4. The molecule has 3 nitrogen and oxygen atoms in total. The van der Waals surface area contributed by atoms with Crippen molar-refractivity contribution in [3.8, 4) is 0 Å². The number of hydrogen-bond acceptors (Lipinski definition) is 2. The lowest BCUT2D eigenvalue weighted by molar-refractivity contribution is -0.121. The van der Waals surface area contributed by atoms with Crippen molar-refractivity contribution in [2.75, 3.05) is 19.6 Å². The number of likely N-dealkylation sites (N-methyl/N-ethyl adjacent to an activating group) is 1. The molecule has 2 unspecified atom stereocenters. The van der Waals surface area contributed by atoms with Gasteiger partial charge in [-0.05, 0) is 25.4 Å². The smallest absolute Gasteiger partial charge is 0.234 e. The topological polar surface area (TPSA) is 32.3 Å². The average Bonchev–Trinajstić information content (AvgIpc) is 2.32. The largest absolute Gasteiger partial charge is 0.351 e. The van der Waals surface area contributed by atoms with Crippen LogP contribution in [0.1, 0.15) is 41.0 Å². The zero-order chi connectivity index (χ0) is 13.4. The molecule has 0 aromatic carbocycles. The Bertz CT molecular complexity index is 217. The minimum absolute atomic E-state index is 0.0896. The maximum absolute atomic E-state index is 11.9. The molecule has 0 fully saturated rings. The van der Waals surface area contributed by atoms with Crippen molar-refractivity contribution >= 4 is 21.8 Å². The maximum Gasteiger partial charge on any atom is 0.234 e. The second kappa shape index (κ2) is 8.92. The Balaban J connectivity index is 4.25. The van der Waals surface area contributed by atoms with Gasteiger partial charge in [0, 0.05) is 12.6 Å². The normalized spacial score (nSPS) is 15.1. The third-order valence-corrected chi connectivity index (χ3v) is 4.52. The van der Waals surface area contributed by atoms with Gasteiger partial charge in [-0.2, -0.15) is 0 Å². The van der Waals surface area contributed by atoms with Crippen molar-refractivity contribution in [2.45, 2.75) is 51.9 Å². The van der Waals surface area contributed by atoms with E-state index in [2.05, 4.69) is 46.9 Å². The van der Waals surface area contributed by atoms with Gasteiger partial charge in [0.05, 0.1) is 4.83 Å². The number of alkyl halides is 1. The van der Waals surface area contributed by atoms with E-state index in [0.29, 0.717) is 5.92 Å². The fourth-order valence-electron chi connectivity index (χ4n) is 1.65. The molecule has 0 aliphatic rings. The van der Waals surface area contributed by atoms with Crippen LogP contribution in [0.3, 0.4) is 0 Å². The van der Waals surface area contributed by atoms with Gasteiger partial charge in [0.1, 0.15) is 0 Å². The molecule has 0 saturated carbocycles. The first kappa shape index (κ1) is 16.9. The van der Waals surface area contributed by atoms with Gasteiger partial charge < -0.3 is 10.2 Å². The first-order valence-electron chi connectivity index (χ1n) is 6.62.